The van der Waals surface area contributed by atoms with Crippen molar-refractivity contribution in [2.45, 2.75) is 118 Å². The van der Waals surface area contributed by atoms with Crippen molar-refractivity contribution < 1.29 is 26.2 Å². The van der Waals surface area contributed by atoms with E-state index in [4.69, 9.17) is 0 Å². The topological polar surface area (TPSA) is 0 Å². The molecule has 0 aromatic carbocycles. The van der Waals surface area contributed by atoms with Crippen molar-refractivity contribution in [1.29, 1.82) is 0 Å². The van der Waals surface area contributed by atoms with Crippen LogP contribution in [0.1, 0.15) is 118 Å². The predicted molar refractivity (Wildman–Crippen MR) is 141 cm³/mol. The van der Waals surface area contributed by atoms with Crippen LogP contribution in [0, 0.1) is 24.0 Å². The summed E-state index contributed by atoms with van der Waals surface area (Å²) in [5.74, 6) is 1.46. The molecule has 0 amide bonds. The summed E-state index contributed by atoms with van der Waals surface area (Å²) in [6, 6.07) is 0. The second-order valence-electron chi connectivity index (χ2n) is 8.69. The van der Waals surface area contributed by atoms with Crippen LogP contribution in [0.3, 0.4) is 0 Å². The van der Waals surface area contributed by atoms with E-state index in [9.17, 15) is 0 Å². The molecule has 0 N–H and O–H groups in total. The van der Waals surface area contributed by atoms with Crippen molar-refractivity contribution in [3.63, 3.8) is 0 Å². The van der Waals surface area contributed by atoms with Gasteiger partial charge in [0.2, 0.25) is 0 Å². The Morgan fingerprint density at radius 3 is 1.29 bits per heavy atom. The van der Waals surface area contributed by atoms with E-state index in [1.54, 1.807) is 0 Å². The fourth-order valence-corrected chi connectivity index (χ4v) is 3.94. The van der Waals surface area contributed by atoms with Crippen LogP contribution in [0.25, 0.3) is 0 Å². The van der Waals surface area contributed by atoms with E-state index in [0.29, 0.717) is 0 Å². The van der Waals surface area contributed by atoms with Crippen LogP contribution in [0.2, 0.25) is 0 Å². The predicted octanol–water partition coefficient (Wildman–Crippen LogP) is 10.2. The van der Waals surface area contributed by atoms with E-state index in [-0.39, 0.29) is 51.0 Å². The first-order valence-corrected chi connectivity index (χ1v) is 12.2. The quantitative estimate of drug-likeness (QED) is 0.150. The normalized spacial score (nSPS) is 15.5. The van der Waals surface area contributed by atoms with Gasteiger partial charge in [-0.25, -0.2) is 23.3 Å². The van der Waals surface area contributed by atoms with E-state index < -0.39 is 0 Å². The van der Waals surface area contributed by atoms with Crippen molar-refractivity contribution in [2.24, 2.45) is 11.8 Å². The van der Waals surface area contributed by atoms with Crippen molar-refractivity contribution in [2.75, 3.05) is 0 Å². The van der Waals surface area contributed by atoms with Crippen molar-refractivity contribution in [3.05, 3.63) is 47.6 Å². The molecule has 0 spiro atoms. The largest absolute Gasteiger partial charge is 2.00 e. The number of unbranched alkanes of at least 4 members (excludes halogenated alkanes) is 8. The first kappa shape index (κ1) is 36.0. The molecule has 0 aromatic rings. The summed E-state index contributed by atoms with van der Waals surface area (Å²) in [5.41, 5.74) is 2.89. The van der Waals surface area contributed by atoms with Crippen LogP contribution in [0.5, 0.6) is 0 Å². The SMILES string of the molecule is CCCCCCCC(C)C1=[C-]CC=C1.CCCCCCCC(C)C1=[C-]CC=C1.Cl.Cl.[Zr+2]. The zero-order valence-corrected chi connectivity index (χ0v) is 24.8. The summed E-state index contributed by atoms with van der Waals surface area (Å²) in [7, 11) is 0. The molecule has 0 nitrogen and oxygen atoms in total. The standard InChI is InChI=1S/2C14H23.2ClH.Zr/c2*1-3-4-5-6-7-10-13(2)14-11-8-9-12-14;;;/h2*8,11,13H,3-7,9-10H2,1-2H3;2*1H;/q2*-1;;;+2. The maximum Gasteiger partial charge on any atom is 2.00 e. The first-order valence-electron chi connectivity index (χ1n) is 12.2. The third kappa shape index (κ3) is 18.5. The van der Waals surface area contributed by atoms with Crippen LogP contribution < -0.4 is 0 Å². The first-order chi connectivity index (χ1) is 13.7. The molecule has 0 bridgehead atoms. The Morgan fingerprint density at radius 2 is 1.00 bits per heavy atom. The number of halogens is 2. The van der Waals surface area contributed by atoms with E-state index >= 15 is 0 Å². The molecule has 0 saturated carbocycles. The number of allylic oxidation sites excluding steroid dienone is 8. The van der Waals surface area contributed by atoms with Gasteiger partial charge in [-0.05, 0) is 12.8 Å². The molecule has 0 fully saturated rings. The van der Waals surface area contributed by atoms with Gasteiger partial charge < -0.3 is 0 Å². The van der Waals surface area contributed by atoms with Crippen LogP contribution in [0.4, 0.5) is 0 Å². The third-order valence-electron chi connectivity index (χ3n) is 5.99. The van der Waals surface area contributed by atoms with Crippen LogP contribution in [-0.2, 0) is 26.2 Å². The monoisotopic (exact) mass is 544 g/mol. The maximum absolute atomic E-state index is 3.41. The second-order valence-corrected chi connectivity index (χ2v) is 8.69. The van der Waals surface area contributed by atoms with Gasteiger partial charge in [0.15, 0.2) is 0 Å². The van der Waals surface area contributed by atoms with E-state index in [0.717, 1.165) is 24.7 Å². The van der Waals surface area contributed by atoms with E-state index in [1.807, 2.05) is 0 Å². The second kappa shape index (κ2) is 25.1. The van der Waals surface area contributed by atoms with Gasteiger partial charge in [-0.2, -0.15) is 12.2 Å². The molecule has 0 radical (unpaired) electrons. The van der Waals surface area contributed by atoms with Gasteiger partial charge in [0.25, 0.3) is 0 Å². The van der Waals surface area contributed by atoms with E-state index in [2.05, 4.69) is 64.2 Å². The van der Waals surface area contributed by atoms with Crippen molar-refractivity contribution in [1.82, 2.24) is 0 Å². The molecule has 2 aliphatic carbocycles. The molecule has 3 heteroatoms. The van der Waals surface area contributed by atoms with Crippen LogP contribution >= 0.6 is 24.8 Å². The number of hydrogen-bond acceptors (Lipinski definition) is 0. The Morgan fingerprint density at radius 1 is 0.645 bits per heavy atom. The molecule has 31 heavy (non-hydrogen) atoms. The molecule has 0 heterocycles. The maximum atomic E-state index is 3.41. The van der Waals surface area contributed by atoms with Gasteiger partial charge in [0.1, 0.15) is 0 Å². The molecule has 178 valence electrons. The summed E-state index contributed by atoms with van der Waals surface area (Å²) in [6.45, 7) is 9.20. The summed E-state index contributed by atoms with van der Waals surface area (Å²) < 4.78 is 0. The fourth-order valence-electron chi connectivity index (χ4n) is 3.94. The van der Waals surface area contributed by atoms with Gasteiger partial charge in [-0.1, -0.05) is 104 Å². The average Bonchev–Trinajstić information content (AvgIpc) is 3.42. The third-order valence-corrected chi connectivity index (χ3v) is 5.99. The minimum atomic E-state index is 0. The number of rotatable bonds is 14. The van der Waals surface area contributed by atoms with Gasteiger partial charge in [0.05, 0.1) is 0 Å². The molecular weight excluding hydrogens is 498 g/mol. The molecular formula is C28H48Cl2Zr. The van der Waals surface area contributed by atoms with Crippen molar-refractivity contribution >= 4 is 24.8 Å². The molecule has 0 aliphatic heterocycles. The molecule has 2 unspecified atom stereocenters. The number of hydrogen-bond donors (Lipinski definition) is 0. The van der Waals surface area contributed by atoms with Gasteiger partial charge in [-0.3, -0.25) is 12.2 Å². The Bertz CT molecular complexity index is 459. The summed E-state index contributed by atoms with van der Waals surface area (Å²) >= 11 is 0. The Balaban J connectivity index is -0.000000461. The Labute approximate surface area is 226 Å². The van der Waals surface area contributed by atoms with Crippen LogP contribution in [-0.4, -0.2) is 0 Å². The van der Waals surface area contributed by atoms with Gasteiger partial charge in [-0.15, -0.1) is 37.7 Å². The Hall–Kier alpha value is 0.423. The zero-order chi connectivity index (χ0) is 20.5. The van der Waals surface area contributed by atoms with Crippen LogP contribution in [0.15, 0.2) is 35.5 Å². The van der Waals surface area contributed by atoms with Crippen molar-refractivity contribution in [3.8, 4) is 0 Å². The average molecular weight is 547 g/mol. The van der Waals surface area contributed by atoms with Gasteiger partial charge >= 0.3 is 26.2 Å². The molecule has 2 rings (SSSR count). The Kier molecular flexibility index (Phi) is 29.1. The molecule has 0 saturated heterocycles. The molecule has 2 atom stereocenters. The zero-order valence-electron chi connectivity index (χ0n) is 20.7. The van der Waals surface area contributed by atoms with Gasteiger partial charge in [0, 0.05) is 0 Å². The van der Waals surface area contributed by atoms with E-state index in [1.165, 1.54) is 88.2 Å². The minimum absolute atomic E-state index is 0. The summed E-state index contributed by atoms with van der Waals surface area (Å²) in [5, 5.41) is 0. The summed E-state index contributed by atoms with van der Waals surface area (Å²) in [4.78, 5) is 0. The summed E-state index contributed by atoms with van der Waals surface area (Å²) in [6.07, 6.45) is 34.4. The minimum Gasteiger partial charge on any atom is -0.269 e. The smallest absolute Gasteiger partial charge is 0.269 e. The fraction of sp³-hybridized carbons (Fsp3) is 0.714. The molecule has 2 aliphatic rings. The molecule has 0 aromatic heterocycles.